The second-order valence-corrected chi connectivity index (χ2v) is 6.48. The number of amides is 1. The van der Waals surface area contributed by atoms with E-state index in [1.165, 1.54) is 6.20 Å². The maximum atomic E-state index is 12.9. The average molecular weight is 353 g/mol. The Labute approximate surface area is 143 Å². The zero-order chi connectivity index (χ0) is 17.8. The van der Waals surface area contributed by atoms with E-state index in [1.807, 2.05) is 37.3 Å². The molecule has 1 aromatic carbocycles. The van der Waals surface area contributed by atoms with E-state index in [-0.39, 0.29) is 19.8 Å². The van der Waals surface area contributed by atoms with E-state index in [0.29, 0.717) is 0 Å². The van der Waals surface area contributed by atoms with Crippen LogP contribution in [0.25, 0.3) is 0 Å². The lowest BCUT2D eigenvalue weighted by atomic mass is 10.2. The van der Waals surface area contributed by atoms with E-state index in [0.717, 1.165) is 16.7 Å². The quantitative estimate of drug-likeness (QED) is 0.467. The molecule has 0 fully saturated rings. The van der Waals surface area contributed by atoms with Crippen LogP contribution in [0.1, 0.15) is 32.8 Å². The van der Waals surface area contributed by atoms with Crippen LogP contribution in [0.3, 0.4) is 0 Å². The van der Waals surface area contributed by atoms with Gasteiger partial charge in [0.2, 0.25) is 0 Å². The lowest BCUT2D eigenvalue weighted by molar-refractivity contribution is 0.111. The van der Waals surface area contributed by atoms with Gasteiger partial charge < -0.3 is 4.74 Å². The number of nitrogens with zero attached hydrogens (tertiary/aromatic N) is 1. The van der Waals surface area contributed by atoms with Gasteiger partial charge in [-0.1, -0.05) is 37.3 Å². The molecule has 0 aliphatic heterocycles. The Morgan fingerprint density at radius 1 is 1.17 bits per heavy atom. The van der Waals surface area contributed by atoms with Crippen molar-refractivity contribution >= 4 is 13.8 Å². The zero-order valence-corrected chi connectivity index (χ0v) is 15.2. The second-order valence-electron chi connectivity index (χ2n) is 4.60. The van der Waals surface area contributed by atoms with Crippen molar-refractivity contribution in [1.29, 1.82) is 0 Å². The largest absolute Gasteiger partial charge is 0.444 e. The van der Waals surface area contributed by atoms with Crippen LogP contribution in [0.15, 0.2) is 48.3 Å². The molecule has 0 aliphatic carbocycles. The van der Waals surface area contributed by atoms with Gasteiger partial charge in [-0.25, -0.2) is 9.36 Å². The molecule has 0 aliphatic rings. The second kappa shape index (κ2) is 10.8. The van der Waals surface area contributed by atoms with Gasteiger partial charge in [-0.2, -0.15) is 4.67 Å². The van der Waals surface area contributed by atoms with Gasteiger partial charge in [0, 0.05) is 0 Å². The standard InChI is InChI=1S/C17H24NO5P/c1-4-7-11-14-18(24(20,22-5-2)23-6-3)17(19)21-15-16-12-9-8-10-13-16/h7-10,12-14H,4-6,15H2,1-3H3. The highest BCUT2D eigenvalue weighted by atomic mass is 31.2. The smallest absolute Gasteiger partial charge is 0.444 e. The fraction of sp³-hybridized carbons (Fsp3) is 0.412. The molecule has 0 aromatic heterocycles. The first-order chi connectivity index (χ1) is 11.6. The number of allylic oxidation sites excluding steroid dienone is 1. The summed E-state index contributed by atoms with van der Waals surface area (Å²) in [6, 6.07) is 9.21. The minimum absolute atomic E-state index is 0.0553. The van der Waals surface area contributed by atoms with Crippen LogP contribution < -0.4 is 0 Å². The molecule has 0 bridgehead atoms. The molecule has 0 N–H and O–H groups in total. The van der Waals surface area contributed by atoms with Crippen LogP contribution in [-0.2, 0) is 25.0 Å². The summed E-state index contributed by atoms with van der Waals surface area (Å²) < 4.78 is 29.3. The van der Waals surface area contributed by atoms with Gasteiger partial charge >= 0.3 is 13.8 Å². The van der Waals surface area contributed by atoms with Crippen molar-refractivity contribution in [3.05, 3.63) is 53.9 Å². The SMILES string of the molecule is CCC=C=CN(C(=O)OCc1ccccc1)P(=O)(OCC)OCC. The summed E-state index contributed by atoms with van der Waals surface area (Å²) in [5.74, 6) is 0. The van der Waals surface area contributed by atoms with Gasteiger partial charge in [0.15, 0.2) is 0 Å². The monoisotopic (exact) mass is 353 g/mol. The summed E-state index contributed by atoms with van der Waals surface area (Å²) >= 11 is 0. The van der Waals surface area contributed by atoms with Crippen molar-refractivity contribution in [3.8, 4) is 0 Å². The summed E-state index contributed by atoms with van der Waals surface area (Å²) in [5.41, 5.74) is 3.60. The molecule has 6 nitrogen and oxygen atoms in total. The number of carbonyl (C=O) groups is 1. The lowest BCUT2D eigenvalue weighted by Crippen LogP contribution is -2.26. The van der Waals surface area contributed by atoms with Crippen LogP contribution >= 0.6 is 7.75 Å². The van der Waals surface area contributed by atoms with E-state index < -0.39 is 13.8 Å². The van der Waals surface area contributed by atoms with Gasteiger partial charge in [0.25, 0.3) is 0 Å². The molecule has 0 radical (unpaired) electrons. The van der Waals surface area contributed by atoms with Gasteiger partial charge in [-0.3, -0.25) is 9.05 Å². The number of hydrogen-bond acceptors (Lipinski definition) is 5. The fourth-order valence-corrected chi connectivity index (χ4v) is 3.18. The number of carbonyl (C=O) groups excluding carboxylic acids is 1. The van der Waals surface area contributed by atoms with Gasteiger partial charge in [0.05, 0.1) is 19.4 Å². The van der Waals surface area contributed by atoms with E-state index in [4.69, 9.17) is 13.8 Å². The minimum Gasteiger partial charge on any atom is -0.444 e. The van der Waals surface area contributed by atoms with E-state index >= 15 is 0 Å². The van der Waals surface area contributed by atoms with Crippen molar-refractivity contribution in [2.45, 2.75) is 33.8 Å². The summed E-state index contributed by atoms with van der Waals surface area (Å²) in [6.45, 7) is 5.58. The Hall–Kier alpha value is -1.84. The topological polar surface area (TPSA) is 65.1 Å². The Balaban J connectivity index is 2.96. The molecule has 1 rings (SSSR count). The molecule has 0 saturated carbocycles. The zero-order valence-electron chi connectivity index (χ0n) is 14.3. The van der Waals surface area contributed by atoms with Gasteiger partial charge in [0.1, 0.15) is 6.61 Å². The first kappa shape index (κ1) is 20.2. The molecule has 0 heterocycles. The number of benzene rings is 1. The van der Waals surface area contributed by atoms with Gasteiger partial charge in [-0.15, -0.1) is 5.73 Å². The van der Waals surface area contributed by atoms with Crippen LogP contribution in [0.5, 0.6) is 0 Å². The molecule has 0 spiro atoms. The highest BCUT2D eigenvalue weighted by Crippen LogP contribution is 2.52. The summed E-state index contributed by atoms with van der Waals surface area (Å²) in [6.07, 6.45) is 2.83. The molecule has 1 aromatic rings. The summed E-state index contributed by atoms with van der Waals surface area (Å²) in [4.78, 5) is 12.4. The average Bonchev–Trinajstić information content (AvgIpc) is 2.58. The molecule has 1 amide bonds. The highest BCUT2D eigenvalue weighted by Gasteiger charge is 2.37. The van der Waals surface area contributed by atoms with Crippen LogP contribution in [0.4, 0.5) is 4.79 Å². The molecule has 7 heteroatoms. The van der Waals surface area contributed by atoms with Crippen LogP contribution in [0, 0.1) is 0 Å². The first-order valence-corrected chi connectivity index (χ1v) is 9.37. The van der Waals surface area contributed by atoms with Crippen molar-refractivity contribution < 1.29 is 23.1 Å². The van der Waals surface area contributed by atoms with Crippen LogP contribution in [0.2, 0.25) is 0 Å². The normalized spacial score (nSPS) is 10.6. The number of ether oxygens (including phenoxy) is 1. The molecular formula is C17H24NO5P. The Morgan fingerprint density at radius 2 is 1.79 bits per heavy atom. The molecule has 24 heavy (non-hydrogen) atoms. The third-order valence-electron chi connectivity index (χ3n) is 2.76. The maximum Gasteiger partial charge on any atom is 0.444 e. The Kier molecular flexibility index (Phi) is 9.13. The van der Waals surface area contributed by atoms with E-state index in [2.05, 4.69) is 5.73 Å². The highest BCUT2D eigenvalue weighted by molar-refractivity contribution is 7.52. The Morgan fingerprint density at radius 3 is 2.33 bits per heavy atom. The van der Waals surface area contributed by atoms with Crippen molar-refractivity contribution in [2.75, 3.05) is 13.2 Å². The Bertz CT molecular complexity index is 601. The molecule has 132 valence electrons. The van der Waals surface area contributed by atoms with Crippen LogP contribution in [-0.4, -0.2) is 24.0 Å². The number of rotatable bonds is 9. The molecular weight excluding hydrogens is 329 g/mol. The lowest BCUT2D eigenvalue weighted by Gasteiger charge is -2.25. The van der Waals surface area contributed by atoms with Crippen molar-refractivity contribution in [1.82, 2.24) is 4.67 Å². The first-order valence-electron chi connectivity index (χ1n) is 7.87. The fourth-order valence-electron chi connectivity index (χ4n) is 1.74. The van der Waals surface area contributed by atoms with Gasteiger partial charge in [-0.05, 0) is 31.9 Å². The minimum atomic E-state index is -3.83. The molecule has 0 saturated heterocycles. The predicted molar refractivity (Wildman–Crippen MR) is 92.3 cm³/mol. The van der Waals surface area contributed by atoms with Crippen molar-refractivity contribution in [2.24, 2.45) is 0 Å². The summed E-state index contributed by atoms with van der Waals surface area (Å²) in [7, 11) is -3.83. The molecule has 0 unspecified atom stereocenters. The maximum absolute atomic E-state index is 12.9. The third kappa shape index (κ3) is 6.34. The molecule has 0 atom stereocenters. The third-order valence-corrected chi connectivity index (χ3v) is 4.73. The van der Waals surface area contributed by atoms with E-state index in [1.54, 1.807) is 19.9 Å². The van der Waals surface area contributed by atoms with E-state index in [9.17, 15) is 9.36 Å². The summed E-state index contributed by atoms with van der Waals surface area (Å²) in [5, 5.41) is 0. The number of hydrogen-bond donors (Lipinski definition) is 0. The predicted octanol–water partition coefficient (Wildman–Crippen LogP) is 4.89. The van der Waals surface area contributed by atoms with Crippen molar-refractivity contribution in [3.63, 3.8) is 0 Å².